The SMILES string of the molecule is CCCOc1cc(/C=N/NC(=O)c2ccccc2OC)ccc1OC. The molecule has 1 amide bonds. The monoisotopic (exact) mass is 342 g/mol. The fraction of sp³-hybridized carbons (Fsp3) is 0.263. The van der Waals surface area contributed by atoms with Crippen LogP contribution in [0.2, 0.25) is 0 Å². The Morgan fingerprint density at radius 1 is 1.08 bits per heavy atom. The van der Waals surface area contributed by atoms with Crippen molar-refractivity contribution in [2.45, 2.75) is 13.3 Å². The Bertz CT molecular complexity index is 744. The summed E-state index contributed by atoms with van der Waals surface area (Å²) in [5, 5.41) is 3.99. The molecule has 0 aromatic heterocycles. The number of hydrogen-bond donors (Lipinski definition) is 1. The quantitative estimate of drug-likeness (QED) is 0.590. The van der Waals surface area contributed by atoms with Crippen molar-refractivity contribution in [2.24, 2.45) is 5.10 Å². The van der Waals surface area contributed by atoms with Gasteiger partial charge in [0, 0.05) is 0 Å². The smallest absolute Gasteiger partial charge is 0.275 e. The normalized spacial score (nSPS) is 10.5. The van der Waals surface area contributed by atoms with Crippen molar-refractivity contribution in [2.75, 3.05) is 20.8 Å². The number of amides is 1. The van der Waals surface area contributed by atoms with Gasteiger partial charge in [-0.25, -0.2) is 5.43 Å². The van der Waals surface area contributed by atoms with Crippen molar-refractivity contribution in [3.05, 3.63) is 53.6 Å². The van der Waals surface area contributed by atoms with Gasteiger partial charge in [-0.1, -0.05) is 19.1 Å². The summed E-state index contributed by atoms with van der Waals surface area (Å²) < 4.78 is 16.1. The molecule has 6 nitrogen and oxygen atoms in total. The summed E-state index contributed by atoms with van der Waals surface area (Å²) in [6, 6.07) is 12.4. The molecule has 0 bridgehead atoms. The summed E-state index contributed by atoms with van der Waals surface area (Å²) in [4.78, 5) is 12.2. The van der Waals surface area contributed by atoms with Crippen molar-refractivity contribution >= 4 is 12.1 Å². The van der Waals surface area contributed by atoms with E-state index in [1.54, 1.807) is 43.7 Å². The van der Waals surface area contributed by atoms with Crippen molar-refractivity contribution < 1.29 is 19.0 Å². The highest BCUT2D eigenvalue weighted by molar-refractivity contribution is 5.97. The van der Waals surface area contributed by atoms with Gasteiger partial charge < -0.3 is 14.2 Å². The van der Waals surface area contributed by atoms with E-state index in [1.165, 1.54) is 7.11 Å². The molecule has 0 aliphatic rings. The van der Waals surface area contributed by atoms with Crippen LogP contribution in [0.3, 0.4) is 0 Å². The maximum Gasteiger partial charge on any atom is 0.275 e. The first-order chi connectivity index (χ1) is 12.2. The van der Waals surface area contributed by atoms with Gasteiger partial charge >= 0.3 is 0 Å². The van der Waals surface area contributed by atoms with Gasteiger partial charge in [-0.2, -0.15) is 5.10 Å². The number of hydrogen-bond acceptors (Lipinski definition) is 5. The van der Waals surface area contributed by atoms with Crippen LogP contribution in [-0.4, -0.2) is 32.9 Å². The number of hydrazone groups is 1. The van der Waals surface area contributed by atoms with Crippen LogP contribution in [0.25, 0.3) is 0 Å². The standard InChI is InChI=1S/C19H22N2O4/c1-4-11-25-18-12-14(9-10-17(18)24-3)13-20-21-19(22)15-7-5-6-8-16(15)23-2/h5-10,12-13H,4,11H2,1-3H3,(H,21,22)/b20-13+. The lowest BCUT2D eigenvalue weighted by Crippen LogP contribution is -2.18. The Kier molecular flexibility index (Phi) is 6.83. The van der Waals surface area contributed by atoms with Gasteiger partial charge in [0.15, 0.2) is 11.5 Å². The first-order valence-corrected chi connectivity index (χ1v) is 7.96. The molecule has 0 saturated heterocycles. The highest BCUT2D eigenvalue weighted by atomic mass is 16.5. The van der Waals surface area contributed by atoms with Crippen LogP contribution in [0.5, 0.6) is 17.2 Å². The molecule has 0 atom stereocenters. The third-order valence-electron chi connectivity index (χ3n) is 3.38. The lowest BCUT2D eigenvalue weighted by atomic mass is 10.2. The number of methoxy groups -OCH3 is 2. The summed E-state index contributed by atoms with van der Waals surface area (Å²) in [5.41, 5.74) is 3.70. The van der Waals surface area contributed by atoms with Gasteiger partial charge in [0.1, 0.15) is 5.75 Å². The molecule has 25 heavy (non-hydrogen) atoms. The van der Waals surface area contributed by atoms with Crippen LogP contribution in [0.4, 0.5) is 0 Å². The maximum atomic E-state index is 12.2. The molecule has 0 radical (unpaired) electrons. The summed E-state index contributed by atoms with van der Waals surface area (Å²) in [6.45, 7) is 2.63. The lowest BCUT2D eigenvalue weighted by molar-refractivity contribution is 0.0952. The zero-order chi connectivity index (χ0) is 18.1. The predicted molar refractivity (Wildman–Crippen MR) is 96.8 cm³/mol. The topological polar surface area (TPSA) is 69.2 Å². The number of carbonyl (C=O) groups excluding carboxylic acids is 1. The number of nitrogens with zero attached hydrogens (tertiary/aromatic N) is 1. The number of ether oxygens (including phenoxy) is 3. The number of para-hydroxylation sites is 1. The Balaban J connectivity index is 2.07. The van der Waals surface area contributed by atoms with E-state index in [2.05, 4.69) is 10.5 Å². The summed E-state index contributed by atoms with van der Waals surface area (Å²) in [7, 11) is 3.11. The fourth-order valence-electron chi connectivity index (χ4n) is 2.16. The largest absolute Gasteiger partial charge is 0.496 e. The van der Waals surface area contributed by atoms with Crippen LogP contribution in [0, 0.1) is 0 Å². The Morgan fingerprint density at radius 3 is 2.56 bits per heavy atom. The Labute approximate surface area is 147 Å². The molecule has 0 fully saturated rings. The molecule has 2 aromatic rings. The van der Waals surface area contributed by atoms with Crippen molar-refractivity contribution in [1.29, 1.82) is 0 Å². The zero-order valence-corrected chi connectivity index (χ0v) is 14.6. The van der Waals surface area contributed by atoms with Gasteiger partial charge in [0.25, 0.3) is 5.91 Å². The van der Waals surface area contributed by atoms with E-state index in [0.717, 1.165) is 12.0 Å². The Morgan fingerprint density at radius 2 is 1.84 bits per heavy atom. The second-order valence-electron chi connectivity index (χ2n) is 5.16. The summed E-state index contributed by atoms with van der Waals surface area (Å²) >= 11 is 0. The minimum absolute atomic E-state index is 0.343. The molecule has 132 valence electrons. The van der Waals surface area contributed by atoms with Crippen molar-refractivity contribution in [3.63, 3.8) is 0 Å². The minimum atomic E-state index is -0.343. The maximum absolute atomic E-state index is 12.2. The first kappa shape index (κ1) is 18.3. The van der Waals surface area contributed by atoms with Crippen LogP contribution < -0.4 is 19.6 Å². The zero-order valence-electron chi connectivity index (χ0n) is 14.6. The fourth-order valence-corrected chi connectivity index (χ4v) is 2.16. The second-order valence-corrected chi connectivity index (χ2v) is 5.16. The predicted octanol–water partition coefficient (Wildman–Crippen LogP) is 3.26. The van der Waals surface area contributed by atoms with E-state index < -0.39 is 0 Å². The second kappa shape index (κ2) is 9.32. The number of rotatable bonds is 8. The average molecular weight is 342 g/mol. The third kappa shape index (κ3) is 4.97. The first-order valence-electron chi connectivity index (χ1n) is 7.96. The van der Waals surface area contributed by atoms with Crippen molar-refractivity contribution in [3.8, 4) is 17.2 Å². The van der Waals surface area contributed by atoms with Gasteiger partial charge in [-0.15, -0.1) is 0 Å². The molecular weight excluding hydrogens is 320 g/mol. The van der Waals surface area contributed by atoms with E-state index >= 15 is 0 Å². The van der Waals surface area contributed by atoms with Gasteiger partial charge in [0.2, 0.25) is 0 Å². The molecule has 0 aliphatic heterocycles. The molecule has 0 spiro atoms. The Hall–Kier alpha value is -3.02. The number of benzene rings is 2. The molecule has 0 heterocycles. The highest BCUT2D eigenvalue weighted by Gasteiger charge is 2.10. The third-order valence-corrected chi connectivity index (χ3v) is 3.38. The van der Waals surface area contributed by atoms with E-state index in [-0.39, 0.29) is 5.91 Å². The van der Waals surface area contributed by atoms with E-state index in [4.69, 9.17) is 14.2 Å². The van der Waals surface area contributed by atoms with E-state index in [1.807, 2.05) is 19.1 Å². The molecule has 2 rings (SSSR count). The summed E-state index contributed by atoms with van der Waals surface area (Å²) in [6.07, 6.45) is 2.45. The highest BCUT2D eigenvalue weighted by Crippen LogP contribution is 2.27. The summed E-state index contributed by atoms with van der Waals surface area (Å²) in [5.74, 6) is 1.45. The van der Waals surface area contributed by atoms with Crippen LogP contribution in [0.15, 0.2) is 47.6 Å². The average Bonchev–Trinajstić information content (AvgIpc) is 2.66. The molecule has 6 heteroatoms. The van der Waals surface area contributed by atoms with E-state index in [0.29, 0.717) is 29.4 Å². The van der Waals surface area contributed by atoms with Crippen LogP contribution in [0.1, 0.15) is 29.3 Å². The molecule has 0 unspecified atom stereocenters. The molecule has 0 saturated carbocycles. The molecule has 2 aromatic carbocycles. The van der Waals surface area contributed by atoms with Gasteiger partial charge in [0.05, 0.1) is 32.6 Å². The molecule has 0 aliphatic carbocycles. The molecular formula is C19H22N2O4. The van der Waals surface area contributed by atoms with Gasteiger partial charge in [-0.05, 0) is 42.3 Å². The lowest BCUT2D eigenvalue weighted by Gasteiger charge is -2.10. The van der Waals surface area contributed by atoms with Crippen molar-refractivity contribution in [1.82, 2.24) is 5.43 Å². The van der Waals surface area contributed by atoms with Crippen LogP contribution >= 0.6 is 0 Å². The number of nitrogens with one attached hydrogen (secondary N) is 1. The van der Waals surface area contributed by atoms with Gasteiger partial charge in [-0.3, -0.25) is 4.79 Å². The minimum Gasteiger partial charge on any atom is -0.496 e. The number of carbonyl (C=O) groups is 1. The molecule has 1 N–H and O–H groups in total. The van der Waals surface area contributed by atoms with E-state index in [9.17, 15) is 4.79 Å². The van der Waals surface area contributed by atoms with Crippen LogP contribution in [-0.2, 0) is 0 Å².